The largest absolute Gasteiger partial charge is 0.338 e. The van der Waals surface area contributed by atoms with Gasteiger partial charge in [0.1, 0.15) is 11.6 Å². The number of carbonyl (C=O) groups excluding carboxylic acids is 1. The topological polar surface area (TPSA) is 57.8 Å². The number of halogens is 1. The number of rotatable bonds is 4. The zero-order valence-corrected chi connectivity index (χ0v) is 15.7. The molecule has 4 aromatic rings. The molecule has 0 radical (unpaired) electrons. The molecule has 28 heavy (non-hydrogen) atoms. The van der Waals surface area contributed by atoms with Crippen molar-refractivity contribution in [2.75, 3.05) is 5.32 Å². The van der Waals surface area contributed by atoms with Gasteiger partial charge in [-0.05, 0) is 79.1 Å². The zero-order chi connectivity index (χ0) is 19.7. The van der Waals surface area contributed by atoms with Crippen molar-refractivity contribution < 1.29 is 9.18 Å². The Balaban J connectivity index is 1.47. The minimum absolute atomic E-state index is 0.144. The van der Waals surface area contributed by atoms with Crippen LogP contribution in [0.15, 0.2) is 60.7 Å². The van der Waals surface area contributed by atoms with Crippen molar-refractivity contribution in [3.63, 3.8) is 0 Å². The van der Waals surface area contributed by atoms with E-state index in [4.69, 9.17) is 0 Å². The highest BCUT2D eigenvalue weighted by Gasteiger charge is 2.08. The fourth-order valence-electron chi connectivity index (χ4n) is 3.11. The maximum atomic E-state index is 12.9. The molecule has 1 heterocycles. The molecule has 0 saturated heterocycles. The van der Waals surface area contributed by atoms with Crippen LogP contribution in [0.1, 0.15) is 16.7 Å². The summed E-state index contributed by atoms with van der Waals surface area (Å²) in [6.07, 6.45) is 0.199. The highest BCUT2D eigenvalue weighted by molar-refractivity contribution is 5.92. The lowest BCUT2D eigenvalue weighted by molar-refractivity contribution is -0.115. The quantitative estimate of drug-likeness (QED) is 0.519. The van der Waals surface area contributed by atoms with E-state index in [1.807, 2.05) is 24.3 Å². The monoisotopic (exact) mass is 373 g/mol. The molecular formula is C23H20FN3O. The van der Waals surface area contributed by atoms with Gasteiger partial charge in [-0.2, -0.15) is 0 Å². The first-order valence-electron chi connectivity index (χ1n) is 9.09. The van der Waals surface area contributed by atoms with Gasteiger partial charge in [0.05, 0.1) is 17.5 Å². The fourth-order valence-corrected chi connectivity index (χ4v) is 3.11. The number of imidazole rings is 1. The molecule has 0 fully saturated rings. The second kappa shape index (κ2) is 7.27. The van der Waals surface area contributed by atoms with Crippen LogP contribution in [0.2, 0.25) is 0 Å². The second-order valence-electron chi connectivity index (χ2n) is 6.97. The van der Waals surface area contributed by atoms with E-state index in [1.54, 1.807) is 12.1 Å². The molecule has 0 bridgehead atoms. The van der Waals surface area contributed by atoms with Gasteiger partial charge in [0.2, 0.25) is 5.91 Å². The number of aromatic amines is 1. The van der Waals surface area contributed by atoms with Gasteiger partial charge in [-0.1, -0.05) is 12.1 Å². The summed E-state index contributed by atoms with van der Waals surface area (Å²) in [5.41, 5.74) is 6.81. The summed E-state index contributed by atoms with van der Waals surface area (Å²) in [6.45, 7) is 4.16. The number of nitrogens with one attached hydrogen (secondary N) is 2. The Morgan fingerprint density at radius 2 is 1.68 bits per heavy atom. The smallest absolute Gasteiger partial charge is 0.228 e. The van der Waals surface area contributed by atoms with Crippen molar-refractivity contribution in [1.82, 2.24) is 9.97 Å². The van der Waals surface area contributed by atoms with Crippen LogP contribution < -0.4 is 5.32 Å². The van der Waals surface area contributed by atoms with Crippen molar-refractivity contribution in [1.29, 1.82) is 0 Å². The number of H-pyrrole nitrogens is 1. The first-order chi connectivity index (χ1) is 13.5. The van der Waals surface area contributed by atoms with E-state index in [1.165, 1.54) is 23.3 Å². The van der Waals surface area contributed by atoms with Crippen molar-refractivity contribution in [3.05, 3.63) is 83.2 Å². The van der Waals surface area contributed by atoms with E-state index in [0.29, 0.717) is 5.69 Å². The standard InChI is InChI=1S/C23H20FN3O/c1-14-11-20-21(12-15(14)2)27-23(26-20)17-5-9-19(10-6-17)25-22(28)13-16-3-7-18(24)8-4-16/h3-12H,13H2,1-2H3,(H,25,28)(H,26,27). The predicted octanol–water partition coefficient (Wildman–Crippen LogP) is 5.17. The molecule has 140 valence electrons. The molecule has 0 spiro atoms. The lowest BCUT2D eigenvalue weighted by atomic mass is 10.1. The molecule has 0 saturated carbocycles. The Morgan fingerprint density at radius 3 is 2.39 bits per heavy atom. The van der Waals surface area contributed by atoms with Gasteiger partial charge in [0, 0.05) is 11.3 Å². The highest BCUT2D eigenvalue weighted by atomic mass is 19.1. The van der Waals surface area contributed by atoms with Gasteiger partial charge in [-0.3, -0.25) is 4.79 Å². The van der Waals surface area contributed by atoms with E-state index in [0.717, 1.165) is 28.0 Å². The Bertz CT molecular complexity index is 1110. The average molecular weight is 373 g/mol. The molecule has 0 aliphatic heterocycles. The van der Waals surface area contributed by atoms with Crippen LogP contribution in [0.4, 0.5) is 10.1 Å². The Labute approximate surface area is 162 Å². The molecular weight excluding hydrogens is 353 g/mol. The fraction of sp³-hybridized carbons (Fsp3) is 0.130. The van der Waals surface area contributed by atoms with Gasteiger partial charge in [-0.25, -0.2) is 9.37 Å². The molecule has 4 nitrogen and oxygen atoms in total. The lowest BCUT2D eigenvalue weighted by Crippen LogP contribution is -2.14. The van der Waals surface area contributed by atoms with Gasteiger partial charge in [0.15, 0.2) is 0 Å². The van der Waals surface area contributed by atoms with E-state index < -0.39 is 0 Å². The van der Waals surface area contributed by atoms with Gasteiger partial charge >= 0.3 is 0 Å². The molecule has 5 heteroatoms. The number of nitrogens with zero attached hydrogens (tertiary/aromatic N) is 1. The third kappa shape index (κ3) is 3.78. The van der Waals surface area contributed by atoms with Crippen LogP contribution in [-0.4, -0.2) is 15.9 Å². The number of hydrogen-bond donors (Lipinski definition) is 2. The number of hydrogen-bond acceptors (Lipinski definition) is 2. The van der Waals surface area contributed by atoms with E-state index in [9.17, 15) is 9.18 Å². The third-order valence-corrected chi connectivity index (χ3v) is 4.82. The zero-order valence-electron chi connectivity index (χ0n) is 15.7. The van der Waals surface area contributed by atoms with Crippen LogP contribution in [-0.2, 0) is 11.2 Å². The number of aromatic nitrogens is 2. The molecule has 0 atom stereocenters. The predicted molar refractivity (Wildman–Crippen MR) is 110 cm³/mol. The number of aryl methyl sites for hydroxylation is 2. The van der Waals surface area contributed by atoms with E-state index in [-0.39, 0.29) is 18.1 Å². The first kappa shape index (κ1) is 17.9. The molecule has 4 rings (SSSR count). The third-order valence-electron chi connectivity index (χ3n) is 4.82. The minimum Gasteiger partial charge on any atom is -0.338 e. The summed E-state index contributed by atoms with van der Waals surface area (Å²) in [5, 5.41) is 2.86. The van der Waals surface area contributed by atoms with Gasteiger partial charge < -0.3 is 10.3 Å². The molecule has 1 aromatic heterocycles. The normalized spacial score (nSPS) is 11.0. The van der Waals surface area contributed by atoms with Crippen molar-refractivity contribution in [2.24, 2.45) is 0 Å². The van der Waals surface area contributed by atoms with Crippen LogP contribution >= 0.6 is 0 Å². The number of fused-ring (bicyclic) bond motifs is 1. The summed E-state index contributed by atoms with van der Waals surface area (Å²) in [7, 11) is 0. The first-order valence-corrected chi connectivity index (χ1v) is 9.09. The van der Waals surface area contributed by atoms with Crippen LogP contribution in [0.3, 0.4) is 0 Å². The average Bonchev–Trinajstić information content (AvgIpc) is 3.07. The number of anilines is 1. The summed E-state index contributed by atoms with van der Waals surface area (Å²) in [6, 6.07) is 17.7. The van der Waals surface area contributed by atoms with Crippen molar-refractivity contribution in [2.45, 2.75) is 20.3 Å². The lowest BCUT2D eigenvalue weighted by Gasteiger charge is -2.06. The van der Waals surface area contributed by atoms with E-state index in [2.05, 4.69) is 41.3 Å². The molecule has 2 N–H and O–H groups in total. The van der Waals surface area contributed by atoms with Crippen LogP contribution in [0, 0.1) is 19.7 Å². The molecule has 0 unspecified atom stereocenters. The minimum atomic E-state index is -0.310. The van der Waals surface area contributed by atoms with Crippen LogP contribution in [0.5, 0.6) is 0 Å². The van der Waals surface area contributed by atoms with Gasteiger partial charge in [-0.15, -0.1) is 0 Å². The van der Waals surface area contributed by atoms with E-state index >= 15 is 0 Å². The van der Waals surface area contributed by atoms with Crippen LogP contribution in [0.25, 0.3) is 22.4 Å². The Kier molecular flexibility index (Phi) is 4.65. The maximum absolute atomic E-state index is 12.9. The molecule has 1 amide bonds. The number of amides is 1. The summed E-state index contributed by atoms with van der Waals surface area (Å²) in [5.74, 6) is 0.342. The summed E-state index contributed by atoms with van der Waals surface area (Å²) >= 11 is 0. The van der Waals surface area contributed by atoms with Crippen molar-refractivity contribution >= 4 is 22.6 Å². The molecule has 0 aliphatic carbocycles. The second-order valence-corrected chi connectivity index (χ2v) is 6.97. The van der Waals surface area contributed by atoms with Crippen molar-refractivity contribution in [3.8, 4) is 11.4 Å². The number of benzene rings is 3. The Hall–Kier alpha value is -3.47. The summed E-state index contributed by atoms with van der Waals surface area (Å²) in [4.78, 5) is 20.2. The maximum Gasteiger partial charge on any atom is 0.228 e. The number of carbonyl (C=O) groups is 1. The van der Waals surface area contributed by atoms with Gasteiger partial charge in [0.25, 0.3) is 0 Å². The SMILES string of the molecule is Cc1cc2nc(-c3ccc(NC(=O)Cc4ccc(F)cc4)cc3)[nH]c2cc1C. The highest BCUT2D eigenvalue weighted by Crippen LogP contribution is 2.24. The molecule has 3 aromatic carbocycles. The Morgan fingerprint density at radius 1 is 1.00 bits per heavy atom. The summed E-state index contributed by atoms with van der Waals surface area (Å²) < 4.78 is 12.9. The molecule has 0 aliphatic rings.